The summed E-state index contributed by atoms with van der Waals surface area (Å²) >= 11 is 4.98. The Hall–Kier alpha value is -1.95. The number of amides is 2. The fraction of sp³-hybridized carbons (Fsp3) is 0.308. The molecule has 1 saturated heterocycles. The molecular weight excluding hydrogens is 262 g/mol. The minimum Gasteiger partial charge on any atom is -0.389 e. The van der Waals surface area contributed by atoms with Gasteiger partial charge < -0.3 is 11.1 Å². The molecule has 1 heterocycles. The number of thiocarbonyl (C=S) groups is 1. The number of hydrogen-bond acceptors (Lipinski definition) is 4. The number of piperidine rings is 1. The van der Waals surface area contributed by atoms with Crippen molar-refractivity contribution in [3.05, 3.63) is 29.8 Å². The molecular formula is C13H15N3O2S. The van der Waals surface area contributed by atoms with Gasteiger partial charge in [-0.2, -0.15) is 0 Å². The van der Waals surface area contributed by atoms with Gasteiger partial charge in [-0.1, -0.05) is 24.4 Å². The van der Waals surface area contributed by atoms with Crippen LogP contribution >= 0.6 is 12.2 Å². The van der Waals surface area contributed by atoms with E-state index in [9.17, 15) is 9.59 Å². The van der Waals surface area contributed by atoms with Gasteiger partial charge in [0.2, 0.25) is 5.91 Å². The minimum atomic E-state index is -0.418. The molecule has 2 rings (SSSR count). The number of hydrogen-bond donors (Lipinski definition) is 2. The standard InChI is InChI=1S/C13H15N3O2S/c1-16-11(17)7-6-10(13(16)18)15-9-5-3-2-4-8(9)12(14)19/h2-5,10,15H,6-7H2,1H3,(H2,14,19). The van der Waals surface area contributed by atoms with Crippen molar-refractivity contribution in [3.63, 3.8) is 0 Å². The minimum absolute atomic E-state index is 0.148. The van der Waals surface area contributed by atoms with Crippen LogP contribution in [-0.4, -0.2) is 34.8 Å². The van der Waals surface area contributed by atoms with Crippen LogP contribution in [0.3, 0.4) is 0 Å². The number of likely N-dealkylation sites (tertiary alicyclic amines) is 1. The first kappa shape index (κ1) is 13.5. The normalized spacial score (nSPS) is 19.4. The van der Waals surface area contributed by atoms with Crippen molar-refractivity contribution in [2.75, 3.05) is 12.4 Å². The second-order valence-electron chi connectivity index (χ2n) is 4.44. The molecule has 1 aliphatic rings. The topological polar surface area (TPSA) is 75.4 Å². The first-order valence-corrected chi connectivity index (χ1v) is 6.37. The van der Waals surface area contributed by atoms with E-state index in [0.29, 0.717) is 18.4 Å². The van der Waals surface area contributed by atoms with Crippen molar-refractivity contribution in [1.29, 1.82) is 0 Å². The summed E-state index contributed by atoms with van der Waals surface area (Å²) in [4.78, 5) is 24.8. The van der Waals surface area contributed by atoms with Crippen LogP contribution in [0.15, 0.2) is 24.3 Å². The summed E-state index contributed by atoms with van der Waals surface area (Å²) in [5.41, 5.74) is 7.06. The summed E-state index contributed by atoms with van der Waals surface area (Å²) in [5.74, 6) is -0.375. The molecule has 2 amide bonds. The SMILES string of the molecule is CN1C(=O)CCC(Nc2ccccc2C(N)=S)C1=O. The van der Waals surface area contributed by atoms with Crippen LogP contribution < -0.4 is 11.1 Å². The van der Waals surface area contributed by atoms with E-state index in [-0.39, 0.29) is 16.8 Å². The van der Waals surface area contributed by atoms with E-state index in [1.165, 1.54) is 7.05 Å². The lowest BCUT2D eigenvalue weighted by Crippen LogP contribution is -2.48. The quantitative estimate of drug-likeness (QED) is 0.633. The Labute approximate surface area is 116 Å². The van der Waals surface area contributed by atoms with Crippen LogP contribution in [0.25, 0.3) is 0 Å². The average molecular weight is 277 g/mol. The van der Waals surface area contributed by atoms with Crippen LogP contribution in [0.1, 0.15) is 18.4 Å². The Morgan fingerprint density at radius 2 is 2.11 bits per heavy atom. The number of carbonyl (C=O) groups excluding carboxylic acids is 2. The molecule has 1 atom stereocenters. The van der Waals surface area contributed by atoms with E-state index in [4.69, 9.17) is 18.0 Å². The molecule has 1 fully saturated rings. The number of likely N-dealkylation sites (N-methyl/N-ethyl adjacent to an activating group) is 1. The smallest absolute Gasteiger partial charge is 0.251 e. The third kappa shape index (κ3) is 2.73. The summed E-state index contributed by atoms with van der Waals surface area (Å²) in [5, 5.41) is 3.12. The van der Waals surface area contributed by atoms with Gasteiger partial charge in [-0.25, -0.2) is 0 Å². The second-order valence-corrected chi connectivity index (χ2v) is 4.88. The lowest BCUT2D eigenvalue weighted by molar-refractivity contribution is -0.146. The summed E-state index contributed by atoms with van der Waals surface area (Å²) in [6.45, 7) is 0. The molecule has 0 aromatic heterocycles. The highest BCUT2D eigenvalue weighted by molar-refractivity contribution is 7.80. The van der Waals surface area contributed by atoms with Gasteiger partial charge in [0, 0.05) is 24.7 Å². The molecule has 19 heavy (non-hydrogen) atoms. The zero-order valence-electron chi connectivity index (χ0n) is 10.6. The number of anilines is 1. The fourth-order valence-corrected chi connectivity index (χ4v) is 2.24. The van der Waals surface area contributed by atoms with E-state index in [2.05, 4.69) is 5.32 Å². The van der Waals surface area contributed by atoms with Crippen LogP contribution in [0, 0.1) is 0 Å². The van der Waals surface area contributed by atoms with Crippen molar-refractivity contribution in [1.82, 2.24) is 4.90 Å². The fourth-order valence-electron chi connectivity index (χ4n) is 2.06. The third-order valence-electron chi connectivity index (χ3n) is 3.17. The van der Waals surface area contributed by atoms with E-state index in [0.717, 1.165) is 10.6 Å². The summed E-state index contributed by atoms with van der Waals surface area (Å²) < 4.78 is 0. The van der Waals surface area contributed by atoms with Crippen molar-refractivity contribution in [2.45, 2.75) is 18.9 Å². The largest absolute Gasteiger partial charge is 0.389 e. The molecule has 3 N–H and O–H groups in total. The van der Waals surface area contributed by atoms with Gasteiger partial charge in [0.25, 0.3) is 5.91 Å². The van der Waals surface area contributed by atoms with E-state index < -0.39 is 6.04 Å². The Morgan fingerprint density at radius 3 is 2.79 bits per heavy atom. The third-order valence-corrected chi connectivity index (χ3v) is 3.39. The van der Waals surface area contributed by atoms with Crippen molar-refractivity contribution < 1.29 is 9.59 Å². The van der Waals surface area contributed by atoms with Gasteiger partial charge in [0.05, 0.1) is 0 Å². The van der Waals surface area contributed by atoms with Crippen molar-refractivity contribution in [2.24, 2.45) is 5.73 Å². The summed E-state index contributed by atoms with van der Waals surface area (Å²) in [6, 6.07) is 6.87. The van der Waals surface area contributed by atoms with Gasteiger partial charge in [0.15, 0.2) is 0 Å². The summed E-state index contributed by atoms with van der Waals surface area (Å²) in [7, 11) is 1.50. The first-order valence-electron chi connectivity index (χ1n) is 5.96. The Morgan fingerprint density at radius 1 is 1.42 bits per heavy atom. The van der Waals surface area contributed by atoms with Gasteiger partial charge in [-0.15, -0.1) is 0 Å². The maximum Gasteiger partial charge on any atom is 0.251 e. The van der Waals surface area contributed by atoms with Gasteiger partial charge in [-0.05, 0) is 18.6 Å². The molecule has 0 aliphatic carbocycles. The molecule has 1 unspecified atom stereocenters. The number of carbonyl (C=O) groups is 2. The number of benzene rings is 1. The highest BCUT2D eigenvalue weighted by Crippen LogP contribution is 2.20. The van der Waals surface area contributed by atoms with Crippen molar-refractivity contribution in [3.8, 4) is 0 Å². The van der Waals surface area contributed by atoms with Crippen LogP contribution in [0.5, 0.6) is 0 Å². The Kier molecular flexibility index (Phi) is 3.80. The number of para-hydroxylation sites is 1. The number of rotatable bonds is 3. The second kappa shape index (κ2) is 5.36. The predicted octanol–water partition coefficient (Wildman–Crippen LogP) is 0.880. The number of nitrogens with two attached hydrogens (primary N) is 1. The molecule has 1 aromatic rings. The highest BCUT2D eigenvalue weighted by Gasteiger charge is 2.31. The van der Waals surface area contributed by atoms with Crippen LogP contribution in [-0.2, 0) is 9.59 Å². The molecule has 0 spiro atoms. The van der Waals surface area contributed by atoms with E-state index in [1.54, 1.807) is 6.07 Å². The van der Waals surface area contributed by atoms with Gasteiger partial charge in [0.1, 0.15) is 11.0 Å². The lowest BCUT2D eigenvalue weighted by atomic mass is 10.0. The zero-order valence-corrected chi connectivity index (χ0v) is 11.4. The molecule has 1 aliphatic heterocycles. The number of imide groups is 1. The zero-order chi connectivity index (χ0) is 14.0. The number of nitrogens with zero attached hydrogens (tertiary/aromatic N) is 1. The molecule has 1 aromatic carbocycles. The van der Waals surface area contributed by atoms with Gasteiger partial charge in [-0.3, -0.25) is 14.5 Å². The first-order chi connectivity index (χ1) is 9.00. The molecule has 0 saturated carbocycles. The molecule has 0 radical (unpaired) electrons. The molecule has 5 nitrogen and oxygen atoms in total. The van der Waals surface area contributed by atoms with Crippen LogP contribution in [0.4, 0.5) is 5.69 Å². The van der Waals surface area contributed by atoms with E-state index >= 15 is 0 Å². The molecule has 6 heteroatoms. The lowest BCUT2D eigenvalue weighted by Gasteiger charge is -2.29. The van der Waals surface area contributed by atoms with Gasteiger partial charge >= 0.3 is 0 Å². The Bertz CT molecular complexity index is 544. The molecule has 100 valence electrons. The maximum absolute atomic E-state index is 12.0. The predicted molar refractivity (Wildman–Crippen MR) is 76.8 cm³/mol. The van der Waals surface area contributed by atoms with E-state index in [1.807, 2.05) is 18.2 Å². The average Bonchev–Trinajstić information content (AvgIpc) is 2.40. The Balaban J connectivity index is 2.20. The van der Waals surface area contributed by atoms with Crippen molar-refractivity contribution >= 4 is 34.7 Å². The monoisotopic (exact) mass is 277 g/mol. The molecule has 0 bridgehead atoms. The maximum atomic E-state index is 12.0. The van der Waals surface area contributed by atoms with Crippen LogP contribution in [0.2, 0.25) is 0 Å². The summed E-state index contributed by atoms with van der Waals surface area (Å²) in [6.07, 6.45) is 0.836. The number of nitrogens with one attached hydrogen (secondary N) is 1. The highest BCUT2D eigenvalue weighted by atomic mass is 32.1.